The van der Waals surface area contributed by atoms with Crippen molar-refractivity contribution in [1.82, 2.24) is 4.98 Å². The molecule has 0 bridgehead atoms. The van der Waals surface area contributed by atoms with Crippen molar-refractivity contribution in [2.24, 2.45) is 0 Å². The molecule has 0 amide bonds. The summed E-state index contributed by atoms with van der Waals surface area (Å²) < 4.78 is 0. The van der Waals surface area contributed by atoms with Gasteiger partial charge in [-0.2, -0.15) is 0 Å². The van der Waals surface area contributed by atoms with Crippen LogP contribution in [0.5, 0.6) is 0 Å². The Labute approximate surface area is 116 Å². The highest BCUT2D eigenvalue weighted by Gasteiger charge is 2.38. The molecule has 2 aliphatic carbocycles. The Morgan fingerprint density at radius 1 is 1.05 bits per heavy atom. The van der Waals surface area contributed by atoms with Gasteiger partial charge in [-0.15, -0.1) is 0 Å². The zero-order valence-corrected chi connectivity index (χ0v) is 12.2. The van der Waals surface area contributed by atoms with Crippen LogP contribution in [-0.4, -0.2) is 4.98 Å². The van der Waals surface area contributed by atoms with Crippen molar-refractivity contribution in [3.63, 3.8) is 0 Å². The Kier molecular flexibility index (Phi) is 3.08. The number of benzene rings is 1. The molecule has 0 radical (unpaired) electrons. The number of hydrogen-bond acceptors (Lipinski definition) is 1. The van der Waals surface area contributed by atoms with Crippen LogP contribution in [0, 0.1) is 0 Å². The predicted molar refractivity (Wildman–Crippen MR) is 81.7 cm³/mol. The lowest BCUT2D eigenvalue weighted by Gasteiger charge is -2.10. The van der Waals surface area contributed by atoms with Gasteiger partial charge in [-0.05, 0) is 54.9 Å². The standard InChI is InChI=1S/C16H17N.C2H6/c1-16(8-9-16)13-5-7-15-12(10-13)4-6-14(17-15)11-2-3-11;1-2/h4-7,10-11H,2-3,8-9H2,1H3;1-2H3. The van der Waals surface area contributed by atoms with E-state index in [1.165, 1.54) is 47.8 Å². The van der Waals surface area contributed by atoms with Gasteiger partial charge in [0, 0.05) is 17.0 Å². The van der Waals surface area contributed by atoms with Crippen LogP contribution in [0.15, 0.2) is 30.3 Å². The average Bonchev–Trinajstić information content (AvgIpc) is 3.35. The maximum atomic E-state index is 4.78. The quantitative estimate of drug-likeness (QED) is 0.717. The van der Waals surface area contributed by atoms with E-state index in [1.54, 1.807) is 0 Å². The van der Waals surface area contributed by atoms with Crippen LogP contribution in [0.25, 0.3) is 10.9 Å². The fourth-order valence-electron chi connectivity index (χ4n) is 2.60. The van der Waals surface area contributed by atoms with Gasteiger partial charge < -0.3 is 0 Å². The van der Waals surface area contributed by atoms with E-state index in [9.17, 15) is 0 Å². The lowest BCUT2D eigenvalue weighted by atomic mass is 9.96. The van der Waals surface area contributed by atoms with Crippen molar-refractivity contribution in [2.45, 2.75) is 57.8 Å². The Morgan fingerprint density at radius 3 is 2.42 bits per heavy atom. The molecule has 1 aromatic heterocycles. The third-order valence-corrected chi connectivity index (χ3v) is 4.40. The summed E-state index contributed by atoms with van der Waals surface area (Å²) in [5, 5.41) is 1.31. The molecule has 19 heavy (non-hydrogen) atoms. The van der Waals surface area contributed by atoms with E-state index in [0.717, 1.165) is 5.92 Å². The minimum absolute atomic E-state index is 0.462. The smallest absolute Gasteiger partial charge is 0.0705 e. The van der Waals surface area contributed by atoms with Crippen molar-refractivity contribution >= 4 is 10.9 Å². The molecule has 1 heterocycles. The van der Waals surface area contributed by atoms with E-state index < -0.39 is 0 Å². The summed E-state index contributed by atoms with van der Waals surface area (Å²) >= 11 is 0. The van der Waals surface area contributed by atoms with Crippen molar-refractivity contribution in [1.29, 1.82) is 0 Å². The van der Waals surface area contributed by atoms with Gasteiger partial charge in [-0.3, -0.25) is 4.98 Å². The summed E-state index contributed by atoms with van der Waals surface area (Å²) in [6.45, 7) is 6.36. The molecule has 2 saturated carbocycles. The van der Waals surface area contributed by atoms with E-state index in [0.29, 0.717) is 5.41 Å². The Balaban J connectivity index is 0.000000528. The van der Waals surface area contributed by atoms with Crippen molar-refractivity contribution < 1.29 is 0 Å². The third kappa shape index (κ3) is 2.39. The maximum absolute atomic E-state index is 4.78. The van der Waals surface area contributed by atoms with Gasteiger partial charge in [0.2, 0.25) is 0 Å². The zero-order chi connectivity index (χ0) is 13.5. The van der Waals surface area contributed by atoms with E-state index >= 15 is 0 Å². The molecule has 2 aliphatic rings. The number of aromatic nitrogens is 1. The minimum atomic E-state index is 0.462. The summed E-state index contributed by atoms with van der Waals surface area (Å²) in [6.07, 6.45) is 5.33. The number of pyridine rings is 1. The molecule has 100 valence electrons. The summed E-state index contributed by atoms with van der Waals surface area (Å²) in [5.41, 5.74) is 4.42. The number of nitrogens with zero attached hydrogens (tertiary/aromatic N) is 1. The van der Waals surface area contributed by atoms with Gasteiger partial charge in [0.25, 0.3) is 0 Å². The molecule has 0 N–H and O–H groups in total. The fraction of sp³-hybridized carbons (Fsp3) is 0.500. The van der Waals surface area contributed by atoms with Gasteiger partial charge in [-0.25, -0.2) is 0 Å². The first-order valence-electron chi connectivity index (χ1n) is 7.66. The van der Waals surface area contributed by atoms with Crippen molar-refractivity contribution in [2.75, 3.05) is 0 Å². The SMILES string of the molecule is CC.CC1(c2ccc3nc(C4CC4)ccc3c2)CC1. The zero-order valence-electron chi connectivity index (χ0n) is 12.2. The molecule has 1 aromatic carbocycles. The minimum Gasteiger partial charge on any atom is -0.253 e. The molecule has 4 rings (SSSR count). The Bertz CT molecular complexity index is 592. The third-order valence-electron chi connectivity index (χ3n) is 4.40. The normalized spacial score (nSPS) is 19.7. The molecule has 2 fully saturated rings. The fourth-order valence-corrected chi connectivity index (χ4v) is 2.60. The number of rotatable bonds is 2. The van der Waals surface area contributed by atoms with Crippen molar-refractivity contribution in [3.05, 3.63) is 41.6 Å². The van der Waals surface area contributed by atoms with Gasteiger partial charge in [-0.1, -0.05) is 32.9 Å². The van der Waals surface area contributed by atoms with E-state index in [2.05, 4.69) is 37.3 Å². The molecule has 0 aliphatic heterocycles. The maximum Gasteiger partial charge on any atom is 0.0705 e. The first kappa shape index (κ1) is 12.7. The molecule has 1 heteroatoms. The first-order valence-corrected chi connectivity index (χ1v) is 7.66. The Hall–Kier alpha value is -1.37. The highest BCUT2D eigenvalue weighted by Crippen LogP contribution is 2.48. The number of hydrogen-bond donors (Lipinski definition) is 0. The molecule has 0 unspecified atom stereocenters. The second-order valence-corrected chi connectivity index (χ2v) is 5.98. The summed E-state index contributed by atoms with van der Waals surface area (Å²) in [7, 11) is 0. The van der Waals surface area contributed by atoms with E-state index in [-0.39, 0.29) is 0 Å². The molecule has 2 aromatic rings. The van der Waals surface area contributed by atoms with Gasteiger partial charge in [0.1, 0.15) is 0 Å². The summed E-state index contributed by atoms with van der Waals surface area (Å²) in [5.74, 6) is 0.750. The number of fused-ring (bicyclic) bond motifs is 1. The Morgan fingerprint density at radius 2 is 1.79 bits per heavy atom. The van der Waals surface area contributed by atoms with Crippen LogP contribution in [0.2, 0.25) is 0 Å². The van der Waals surface area contributed by atoms with Gasteiger partial charge in [0.05, 0.1) is 5.52 Å². The van der Waals surface area contributed by atoms with Gasteiger partial charge >= 0.3 is 0 Å². The summed E-state index contributed by atoms with van der Waals surface area (Å²) in [4.78, 5) is 4.78. The average molecular weight is 253 g/mol. The molecular formula is C18H23N. The second kappa shape index (κ2) is 4.63. The van der Waals surface area contributed by atoms with Crippen LogP contribution in [-0.2, 0) is 5.41 Å². The van der Waals surface area contributed by atoms with Crippen LogP contribution in [0.4, 0.5) is 0 Å². The molecule has 0 spiro atoms. The lowest BCUT2D eigenvalue weighted by molar-refractivity contribution is 0.789. The lowest BCUT2D eigenvalue weighted by Crippen LogP contribution is -1.99. The molecule has 0 atom stereocenters. The molecular weight excluding hydrogens is 230 g/mol. The van der Waals surface area contributed by atoms with Crippen LogP contribution < -0.4 is 0 Å². The largest absolute Gasteiger partial charge is 0.253 e. The van der Waals surface area contributed by atoms with Crippen LogP contribution >= 0.6 is 0 Å². The van der Waals surface area contributed by atoms with Crippen LogP contribution in [0.1, 0.15) is 63.6 Å². The van der Waals surface area contributed by atoms with E-state index in [4.69, 9.17) is 4.98 Å². The monoisotopic (exact) mass is 253 g/mol. The van der Waals surface area contributed by atoms with Crippen molar-refractivity contribution in [3.8, 4) is 0 Å². The van der Waals surface area contributed by atoms with E-state index in [1.807, 2.05) is 13.8 Å². The molecule has 1 nitrogen and oxygen atoms in total. The summed E-state index contributed by atoms with van der Waals surface area (Å²) in [6, 6.07) is 11.3. The van der Waals surface area contributed by atoms with Crippen LogP contribution in [0.3, 0.4) is 0 Å². The van der Waals surface area contributed by atoms with Gasteiger partial charge in [0.15, 0.2) is 0 Å². The highest BCUT2D eigenvalue weighted by atomic mass is 14.7. The second-order valence-electron chi connectivity index (χ2n) is 5.98. The molecule has 0 saturated heterocycles. The topological polar surface area (TPSA) is 12.9 Å². The predicted octanol–water partition coefficient (Wildman–Crippen LogP) is 5.19. The highest BCUT2D eigenvalue weighted by molar-refractivity contribution is 5.80. The first-order chi connectivity index (χ1) is 9.24.